The van der Waals surface area contributed by atoms with E-state index in [2.05, 4.69) is 14.7 Å². The summed E-state index contributed by atoms with van der Waals surface area (Å²) in [5.41, 5.74) is -0.0128. The van der Waals surface area contributed by atoms with Crippen LogP contribution in [0.5, 0.6) is 5.75 Å². The highest BCUT2D eigenvalue weighted by Crippen LogP contribution is 2.28. The summed E-state index contributed by atoms with van der Waals surface area (Å²) in [6, 6.07) is 3.54. The molecule has 0 spiro atoms. The molecule has 0 aliphatic heterocycles. The number of aromatic amines is 1. The molecule has 1 aromatic carbocycles. The molecule has 10 heteroatoms. The average Bonchev–Trinajstić information content (AvgIpc) is 2.98. The Morgan fingerprint density at radius 3 is 2.81 bits per heavy atom. The summed E-state index contributed by atoms with van der Waals surface area (Å²) < 4.78 is 31.4. The maximum atomic E-state index is 12.2. The highest BCUT2D eigenvalue weighted by Gasteiger charge is 2.26. The number of H-pyrrole nitrogens is 1. The molecule has 0 fully saturated rings. The number of nitrogens with zero attached hydrogens (tertiary/aromatic N) is 2. The first kappa shape index (κ1) is 14.9. The fraction of sp³-hybridized carbons (Fsp3) is 0.182. The maximum absolute atomic E-state index is 12.2. The molecule has 1 heterocycles. The summed E-state index contributed by atoms with van der Waals surface area (Å²) in [4.78, 5) is 16.3. The van der Waals surface area contributed by atoms with Crippen molar-refractivity contribution in [3.63, 3.8) is 0 Å². The first-order valence-electron chi connectivity index (χ1n) is 5.73. The van der Waals surface area contributed by atoms with Crippen LogP contribution >= 0.6 is 0 Å². The zero-order valence-corrected chi connectivity index (χ0v) is 11.8. The van der Waals surface area contributed by atoms with E-state index in [0.29, 0.717) is 5.69 Å². The molecule has 2 N–H and O–H groups in total. The van der Waals surface area contributed by atoms with Crippen LogP contribution in [0.25, 0.3) is 0 Å². The summed E-state index contributed by atoms with van der Waals surface area (Å²) >= 11 is 0. The largest absolute Gasteiger partial charge is 0.497 e. The molecule has 0 bridgehead atoms. The van der Waals surface area contributed by atoms with Gasteiger partial charge in [0.15, 0.2) is 4.90 Å². The molecule has 0 radical (unpaired) electrons. The summed E-state index contributed by atoms with van der Waals surface area (Å²) in [5.74, 6) is 0.203. The predicted molar refractivity (Wildman–Crippen MR) is 72.3 cm³/mol. The van der Waals surface area contributed by atoms with Crippen molar-refractivity contribution in [2.75, 3.05) is 7.11 Å². The molecule has 21 heavy (non-hydrogen) atoms. The number of hydrogen-bond acceptors (Lipinski definition) is 6. The molecule has 0 aliphatic carbocycles. The SMILES string of the molecule is COc1ccc(S(=O)(=O)NCc2cnc[nH]2)c([N+](=O)[O-])c1. The smallest absolute Gasteiger partial charge is 0.293 e. The number of benzene rings is 1. The lowest BCUT2D eigenvalue weighted by Crippen LogP contribution is -2.24. The number of hydrogen-bond donors (Lipinski definition) is 2. The van der Waals surface area contributed by atoms with Crippen LogP contribution in [0.2, 0.25) is 0 Å². The van der Waals surface area contributed by atoms with E-state index in [-0.39, 0.29) is 12.3 Å². The third-order valence-corrected chi connectivity index (χ3v) is 4.11. The van der Waals surface area contributed by atoms with Gasteiger partial charge in [0, 0.05) is 11.9 Å². The summed E-state index contributed by atoms with van der Waals surface area (Å²) in [6.07, 6.45) is 2.85. The quantitative estimate of drug-likeness (QED) is 0.600. The lowest BCUT2D eigenvalue weighted by atomic mass is 10.3. The van der Waals surface area contributed by atoms with E-state index in [4.69, 9.17) is 4.74 Å². The molecule has 112 valence electrons. The topological polar surface area (TPSA) is 127 Å². The molecule has 0 saturated carbocycles. The van der Waals surface area contributed by atoms with Crippen LogP contribution in [0.15, 0.2) is 35.6 Å². The molecule has 2 aromatic rings. The normalized spacial score (nSPS) is 11.3. The van der Waals surface area contributed by atoms with Crippen molar-refractivity contribution in [3.8, 4) is 5.75 Å². The van der Waals surface area contributed by atoms with Crippen LogP contribution in [-0.4, -0.2) is 30.4 Å². The van der Waals surface area contributed by atoms with Gasteiger partial charge < -0.3 is 9.72 Å². The van der Waals surface area contributed by atoms with E-state index < -0.39 is 25.5 Å². The van der Waals surface area contributed by atoms with Crippen LogP contribution in [0.3, 0.4) is 0 Å². The lowest BCUT2D eigenvalue weighted by Gasteiger charge is -2.07. The Morgan fingerprint density at radius 1 is 1.48 bits per heavy atom. The van der Waals surface area contributed by atoms with E-state index >= 15 is 0 Å². The number of nitrogens with one attached hydrogen (secondary N) is 2. The standard InChI is InChI=1S/C11H12N4O5S/c1-20-9-2-3-11(10(4-9)15(16)17)21(18,19)14-6-8-5-12-7-13-8/h2-5,7,14H,6H2,1H3,(H,12,13). The summed E-state index contributed by atoms with van der Waals surface area (Å²) in [6.45, 7) is -0.0501. The number of aromatic nitrogens is 2. The number of sulfonamides is 1. The molecule has 0 unspecified atom stereocenters. The van der Waals surface area contributed by atoms with Crippen LogP contribution < -0.4 is 9.46 Å². The van der Waals surface area contributed by atoms with Crippen LogP contribution in [0.4, 0.5) is 5.69 Å². The third kappa shape index (κ3) is 3.35. The van der Waals surface area contributed by atoms with Gasteiger partial charge in [0.25, 0.3) is 5.69 Å². The van der Waals surface area contributed by atoms with Gasteiger partial charge in [0.1, 0.15) is 5.75 Å². The van der Waals surface area contributed by atoms with Crippen molar-refractivity contribution < 1.29 is 18.1 Å². The number of nitro groups is 1. The van der Waals surface area contributed by atoms with Crippen LogP contribution in [0.1, 0.15) is 5.69 Å². The fourth-order valence-corrected chi connectivity index (χ4v) is 2.78. The Labute approximate surface area is 120 Å². The number of ether oxygens (including phenoxy) is 1. The van der Waals surface area contributed by atoms with Gasteiger partial charge in [-0.1, -0.05) is 0 Å². The van der Waals surface area contributed by atoms with Gasteiger partial charge in [-0.2, -0.15) is 0 Å². The molecule has 0 aliphatic rings. The number of methoxy groups -OCH3 is 1. The van der Waals surface area contributed by atoms with Gasteiger partial charge in [0.05, 0.1) is 31.0 Å². The highest BCUT2D eigenvalue weighted by molar-refractivity contribution is 7.89. The molecule has 2 rings (SSSR count). The Kier molecular flexibility index (Phi) is 4.19. The second-order valence-corrected chi connectivity index (χ2v) is 5.73. The van der Waals surface area contributed by atoms with Crippen molar-refractivity contribution in [2.45, 2.75) is 11.4 Å². The predicted octanol–water partition coefficient (Wildman–Crippen LogP) is 0.805. The molecular weight excluding hydrogens is 300 g/mol. The molecule has 1 aromatic heterocycles. The van der Waals surface area contributed by atoms with Gasteiger partial charge in [0.2, 0.25) is 10.0 Å². The Balaban J connectivity index is 2.32. The number of imidazole rings is 1. The Bertz CT molecular complexity index is 742. The van der Waals surface area contributed by atoms with E-state index in [1.54, 1.807) is 0 Å². The molecule has 9 nitrogen and oxygen atoms in total. The minimum atomic E-state index is -4.03. The van der Waals surface area contributed by atoms with Gasteiger partial charge in [-0.3, -0.25) is 10.1 Å². The first-order valence-corrected chi connectivity index (χ1v) is 7.21. The second kappa shape index (κ2) is 5.89. The molecule has 0 amide bonds. The monoisotopic (exact) mass is 312 g/mol. The average molecular weight is 312 g/mol. The van der Waals surface area contributed by atoms with E-state index in [1.165, 1.54) is 25.7 Å². The van der Waals surface area contributed by atoms with Crippen molar-refractivity contribution in [2.24, 2.45) is 0 Å². The van der Waals surface area contributed by atoms with Crippen molar-refractivity contribution >= 4 is 15.7 Å². The molecular formula is C11H12N4O5S. The van der Waals surface area contributed by atoms with Gasteiger partial charge in [-0.25, -0.2) is 18.1 Å². The Hall–Kier alpha value is -2.46. The minimum absolute atomic E-state index is 0.0501. The lowest BCUT2D eigenvalue weighted by molar-refractivity contribution is -0.387. The van der Waals surface area contributed by atoms with Crippen LogP contribution in [-0.2, 0) is 16.6 Å². The first-order chi connectivity index (χ1) is 9.94. The fourth-order valence-electron chi connectivity index (χ4n) is 1.63. The van der Waals surface area contributed by atoms with Gasteiger partial charge >= 0.3 is 0 Å². The maximum Gasteiger partial charge on any atom is 0.293 e. The summed E-state index contributed by atoms with van der Waals surface area (Å²) in [7, 11) is -2.69. The van der Waals surface area contributed by atoms with Crippen molar-refractivity contribution in [1.82, 2.24) is 14.7 Å². The number of rotatable bonds is 6. The zero-order chi connectivity index (χ0) is 15.5. The zero-order valence-electron chi connectivity index (χ0n) is 10.9. The molecule has 0 saturated heterocycles. The molecule has 0 atom stereocenters. The minimum Gasteiger partial charge on any atom is -0.497 e. The second-order valence-electron chi connectivity index (χ2n) is 3.99. The van der Waals surface area contributed by atoms with E-state index in [1.807, 2.05) is 0 Å². The van der Waals surface area contributed by atoms with Crippen molar-refractivity contribution in [1.29, 1.82) is 0 Å². The summed E-state index contributed by atoms with van der Waals surface area (Å²) in [5, 5.41) is 11.0. The van der Waals surface area contributed by atoms with Crippen molar-refractivity contribution in [3.05, 3.63) is 46.5 Å². The third-order valence-electron chi connectivity index (χ3n) is 2.66. The highest BCUT2D eigenvalue weighted by atomic mass is 32.2. The Morgan fingerprint density at radius 2 is 2.24 bits per heavy atom. The number of nitro benzene ring substituents is 1. The van der Waals surface area contributed by atoms with E-state index in [9.17, 15) is 18.5 Å². The van der Waals surface area contributed by atoms with Gasteiger partial charge in [-0.05, 0) is 12.1 Å². The van der Waals surface area contributed by atoms with E-state index in [0.717, 1.165) is 12.1 Å². The van der Waals surface area contributed by atoms with Gasteiger partial charge in [-0.15, -0.1) is 0 Å². The van der Waals surface area contributed by atoms with Crippen LogP contribution in [0, 0.1) is 10.1 Å².